The summed E-state index contributed by atoms with van der Waals surface area (Å²) in [5.74, 6) is 0.982. The fourth-order valence-corrected chi connectivity index (χ4v) is 3.49. The quantitative estimate of drug-likeness (QED) is 0.722. The van der Waals surface area contributed by atoms with Crippen molar-refractivity contribution in [3.8, 4) is 23.0 Å². The lowest BCUT2D eigenvalue weighted by molar-refractivity contribution is 0.780. The van der Waals surface area contributed by atoms with Gasteiger partial charge in [0.25, 0.3) is 0 Å². The molecule has 25 heavy (non-hydrogen) atoms. The predicted molar refractivity (Wildman–Crippen MR) is 100 cm³/mol. The Kier molecular flexibility index (Phi) is 4.17. The lowest BCUT2D eigenvalue weighted by atomic mass is 10.0. The Morgan fingerprint density at radius 3 is 2.84 bits per heavy atom. The Hall–Kier alpha value is -2.77. The number of anilines is 1. The van der Waals surface area contributed by atoms with E-state index in [4.69, 9.17) is 16.7 Å². The van der Waals surface area contributed by atoms with Crippen LogP contribution in [0.5, 0.6) is 0 Å². The van der Waals surface area contributed by atoms with E-state index in [1.807, 2.05) is 53.2 Å². The van der Waals surface area contributed by atoms with Gasteiger partial charge in [0.15, 0.2) is 0 Å². The summed E-state index contributed by atoms with van der Waals surface area (Å²) in [6.07, 6.45) is 3.18. The first-order valence-electron chi connectivity index (χ1n) is 8.39. The first-order chi connectivity index (χ1) is 12.3. The van der Waals surface area contributed by atoms with Crippen LogP contribution in [0.15, 0.2) is 48.5 Å². The van der Waals surface area contributed by atoms with Gasteiger partial charge >= 0.3 is 0 Å². The second-order valence-electron chi connectivity index (χ2n) is 6.11. The van der Waals surface area contributed by atoms with Gasteiger partial charge in [-0.3, -0.25) is 0 Å². The van der Waals surface area contributed by atoms with Crippen molar-refractivity contribution in [1.29, 1.82) is 5.26 Å². The fourth-order valence-electron chi connectivity index (χ4n) is 3.30. The summed E-state index contributed by atoms with van der Waals surface area (Å²) in [6.45, 7) is 0.905. The lowest BCUT2D eigenvalue weighted by Gasteiger charge is -2.10. The highest BCUT2D eigenvalue weighted by Crippen LogP contribution is 2.35. The highest BCUT2D eigenvalue weighted by molar-refractivity contribution is 6.30. The van der Waals surface area contributed by atoms with Gasteiger partial charge in [-0.25, -0.2) is 4.68 Å². The average Bonchev–Trinajstić information content (AvgIpc) is 2.82. The van der Waals surface area contributed by atoms with Crippen LogP contribution in [0, 0.1) is 11.3 Å². The van der Waals surface area contributed by atoms with Gasteiger partial charge in [-0.15, -0.1) is 0 Å². The van der Waals surface area contributed by atoms with Crippen molar-refractivity contribution >= 4 is 17.4 Å². The zero-order chi connectivity index (χ0) is 17.2. The highest BCUT2D eigenvalue weighted by atomic mass is 35.5. The standard InChI is InChI=1S/C20H17ClN4/c21-16-8-5-7-14(12-16)19-17-9-3-4-11-23-20(17)25(24-19)18-10-2-1-6-15(18)13-22/h1-2,5-8,10,12,23H,3-4,9,11H2. The largest absolute Gasteiger partial charge is 0.370 e. The van der Waals surface area contributed by atoms with Crippen LogP contribution in [0.4, 0.5) is 5.82 Å². The number of nitrogens with zero attached hydrogens (tertiary/aromatic N) is 3. The molecule has 0 saturated heterocycles. The van der Waals surface area contributed by atoms with Crippen LogP contribution in [-0.4, -0.2) is 16.3 Å². The van der Waals surface area contributed by atoms with E-state index in [2.05, 4.69) is 11.4 Å². The van der Waals surface area contributed by atoms with Crippen molar-refractivity contribution in [2.75, 3.05) is 11.9 Å². The lowest BCUT2D eigenvalue weighted by Crippen LogP contribution is -2.08. The zero-order valence-corrected chi connectivity index (χ0v) is 14.4. The van der Waals surface area contributed by atoms with Crippen molar-refractivity contribution in [2.45, 2.75) is 19.3 Å². The van der Waals surface area contributed by atoms with Gasteiger partial charge in [-0.05, 0) is 43.5 Å². The van der Waals surface area contributed by atoms with Crippen molar-refractivity contribution in [3.63, 3.8) is 0 Å². The summed E-state index contributed by atoms with van der Waals surface area (Å²) in [6, 6.07) is 17.6. The molecule has 1 aromatic heterocycles. The summed E-state index contributed by atoms with van der Waals surface area (Å²) in [5, 5.41) is 18.5. The SMILES string of the molecule is N#Cc1ccccc1-n1nc(-c2cccc(Cl)c2)c2c1NCCCC2. The second-order valence-corrected chi connectivity index (χ2v) is 6.55. The molecule has 1 aliphatic rings. The van der Waals surface area contributed by atoms with Crippen LogP contribution < -0.4 is 5.32 Å². The Morgan fingerprint density at radius 1 is 1.12 bits per heavy atom. The first kappa shape index (κ1) is 15.7. The molecule has 2 aromatic carbocycles. The minimum atomic E-state index is 0.608. The number of rotatable bonds is 2. The van der Waals surface area contributed by atoms with Crippen LogP contribution in [0.1, 0.15) is 24.0 Å². The van der Waals surface area contributed by atoms with E-state index in [0.29, 0.717) is 10.6 Å². The number of nitriles is 1. The number of halogens is 1. The molecule has 124 valence electrons. The van der Waals surface area contributed by atoms with E-state index in [-0.39, 0.29) is 0 Å². The van der Waals surface area contributed by atoms with Crippen LogP contribution in [-0.2, 0) is 6.42 Å². The molecule has 0 fully saturated rings. The molecular formula is C20H17ClN4. The molecule has 0 atom stereocenters. The third-order valence-electron chi connectivity index (χ3n) is 4.48. The number of para-hydroxylation sites is 1. The molecule has 1 aliphatic heterocycles. The number of nitrogens with one attached hydrogen (secondary N) is 1. The Balaban J connectivity index is 1.96. The monoisotopic (exact) mass is 348 g/mol. The maximum absolute atomic E-state index is 9.47. The van der Waals surface area contributed by atoms with Crippen LogP contribution in [0.25, 0.3) is 16.9 Å². The molecule has 0 radical (unpaired) electrons. The summed E-state index contributed by atoms with van der Waals surface area (Å²) >= 11 is 6.19. The van der Waals surface area contributed by atoms with Gasteiger partial charge in [-0.2, -0.15) is 10.4 Å². The van der Waals surface area contributed by atoms with Crippen molar-refractivity contribution in [2.24, 2.45) is 0 Å². The Labute approximate surface area is 151 Å². The number of aromatic nitrogens is 2. The van der Waals surface area contributed by atoms with Gasteiger partial charge < -0.3 is 5.32 Å². The maximum Gasteiger partial charge on any atom is 0.133 e. The number of benzene rings is 2. The van der Waals surface area contributed by atoms with E-state index in [0.717, 1.165) is 48.6 Å². The van der Waals surface area contributed by atoms with Gasteiger partial charge in [0.1, 0.15) is 11.9 Å². The third kappa shape index (κ3) is 2.88. The molecule has 5 heteroatoms. The van der Waals surface area contributed by atoms with Gasteiger partial charge in [-0.1, -0.05) is 35.9 Å². The Bertz CT molecular complexity index is 968. The number of hydrogen-bond donors (Lipinski definition) is 1. The minimum absolute atomic E-state index is 0.608. The summed E-state index contributed by atoms with van der Waals surface area (Å²) in [4.78, 5) is 0. The molecule has 0 aliphatic carbocycles. The summed E-state index contributed by atoms with van der Waals surface area (Å²) in [5.41, 5.74) is 4.52. The topological polar surface area (TPSA) is 53.6 Å². The molecule has 3 aromatic rings. The second kappa shape index (κ2) is 6.62. The van der Waals surface area contributed by atoms with Gasteiger partial charge in [0, 0.05) is 22.7 Å². The molecule has 0 bridgehead atoms. The highest BCUT2D eigenvalue weighted by Gasteiger charge is 2.22. The summed E-state index contributed by atoms with van der Waals surface area (Å²) < 4.78 is 1.87. The molecule has 0 amide bonds. The predicted octanol–water partition coefficient (Wildman–Crippen LogP) is 4.81. The molecule has 2 heterocycles. The van der Waals surface area contributed by atoms with Crippen LogP contribution >= 0.6 is 11.6 Å². The third-order valence-corrected chi connectivity index (χ3v) is 4.72. The molecule has 0 unspecified atom stereocenters. The van der Waals surface area contributed by atoms with Gasteiger partial charge in [0.05, 0.1) is 16.9 Å². The maximum atomic E-state index is 9.47. The van der Waals surface area contributed by atoms with Crippen molar-refractivity contribution in [3.05, 3.63) is 64.7 Å². The first-order valence-corrected chi connectivity index (χ1v) is 8.77. The van der Waals surface area contributed by atoms with E-state index in [9.17, 15) is 5.26 Å². The molecule has 4 rings (SSSR count). The molecule has 0 spiro atoms. The van der Waals surface area contributed by atoms with Gasteiger partial charge in [0.2, 0.25) is 0 Å². The number of fused-ring (bicyclic) bond motifs is 1. The van der Waals surface area contributed by atoms with E-state index < -0.39 is 0 Å². The normalized spacial score (nSPS) is 13.4. The van der Waals surface area contributed by atoms with E-state index in [1.54, 1.807) is 0 Å². The zero-order valence-electron chi connectivity index (χ0n) is 13.7. The molecular weight excluding hydrogens is 332 g/mol. The Morgan fingerprint density at radius 2 is 2.00 bits per heavy atom. The van der Waals surface area contributed by atoms with Crippen LogP contribution in [0.3, 0.4) is 0 Å². The molecule has 0 saturated carbocycles. The average molecular weight is 349 g/mol. The van der Waals surface area contributed by atoms with Crippen molar-refractivity contribution < 1.29 is 0 Å². The smallest absolute Gasteiger partial charge is 0.133 e. The summed E-state index contributed by atoms with van der Waals surface area (Å²) in [7, 11) is 0. The molecule has 4 nitrogen and oxygen atoms in total. The fraction of sp³-hybridized carbons (Fsp3) is 0.200. The number of hydrogen-bond acceptors (Lipinski definition) is 3. The van der Waals surface area contributed by atoms with Crippen molar-refractivity contribution in [1.82, 2.24) is 9.78 Å². The molecule has 1 N–H and O–H groups in total. The van der Waals surface area contributed by atoms with E-state index >= 15 is 0 Å². The van der Waals surface area contributed by atoms with Crippen LogP contribution in [0.2, 0.25) is 5.02 Å². The van der Waals surface area contributed by atoms with E-state index in [1.165, 1.54) is 5.56 Å². The minimum Gasteiger partial charge on any atom is -0.370 e.